The Morgan fingerprint density at radius 3 is 2.73 bits per heavy atom. The highest BCUT2D eigenvalue weighted by Crippen LogP contribution is 2.45. The van der Waals surface area contributed by atoms with Gasteiger partial charge in [-0.2, -0.15) is 0 Å². The summed E-state index contributed by atoms with van der Waals surface area (Å²) in [4.78, 5) is 26.1. The summed E-state index contributed by atoms with van der Waals surface area (Å²) in [5.74, 6) is -0.151. The number of esters is 1. The van der Waals surface area contributed by atoms with Crippen molar-refractivity contribution >= 4 is 11.8 Å². The molecule has 0 radical (unpaired) electrons. The predicted octanol–water partition coefficient (Wildman–Crippen LogP) is 4.02. The lowest BCUT2D eigenvalue weighted by molar-refractivity contribution is -0.140. The molecule has 1 aliphatic heterocycles. The number of nitrogens with one attached hydrogen (secondary N) is 1. The fraction of sp³-hybridized carbons (Fsp3) is 0.500. The molecule has 30 heavy (non-hydrogen) atoms. The third-order valence-corrected chi connectivity index (χ3v) is 5.50. The molecule has 1 N–H and O–H groups in total. The molecular weight excluding hydrogens is 382 g/mol. The third kappa shape index (κ3) is 4.75. The fourth-order valence-electron chi connectivity index (χ4n) is 4.04. The lowest BCUT2D eigenvalue weighted by Gasteiger charge is -2.34. The highest BCUT2D eigenvalue weighted by atomic mass is 16.6. The lowest BCUT2D eigenvalue weighted by atomic mass is 9.75. The molecule has 1 aromatic carbocycles. The number of rotatable bonds is 9. The Kier molecular flexibility index (Phi) is 7.69. The molecule has 0 saturated carbocycles. The van der Waals surface area contributed by atoms with Crippen LogP contribution in [-0.2, 0) is 19.1 Å². The third-order valence-electron chi connectivity index (χ3n) is 5.50. The van der Waals surface area contributed by atoms with Crippen molar-refractivity contribution in [1.29, 1.82) is 0 Å². The molecule has 6 nitrogen and oxygen atoms in total. The molecule has 1 aromatic rings. The van der Waals surface area contributed by atoms with Crippen molar-refractivity contribution < 1.29 is 23.8 Å². The number of ketones is 1. The second-order valence-electron chi connectivity index (χ2n) is 7.63. The number of dihydropyridines is 1. The lowest BCUT2D eigenvalue weighted by Crippen LogP contribution is -2.34. The Labute approximate surface area is 178 Å². The number of hydrogen-bond acceptors (Lipinski definition) is 6. The number of allylic oxidation sites excluding steroid dienone is 3. The van der Waals surface area contributed by atoms with Crippen LogP contribution in [0.2, 0.25) is 0 Å². The van der Waals surface area contributed by atoms with Gasteiger partial charge in [0.05, 0.1) is 24.7 Å². The highest BCUT2D eigenvalue weighted by Gasteiger charge is 2.40. The molecule has 6 heteroatoms. The van der Waals surface area contributed by atoms with Gasteiger partial charge in [0.25, 0.3) is 0 Å². The van der Waals surface area contributed by atoms with Crippen LogP contribution in [0.1, 0.15) is 57.4 Å². The van der Waals surface area contributed by atoms with Gasteiger partial charge in [0.2, 0.25) is 0 Å². The largest absolute Gasteiger partial charge is 0.493 e. The van der Waals surface area contributed by atoms with Crippen LogP contribution in [0, 0.1) is 0 Å². The molecule has 0 aromatic heterocycles. The monoisotopic (exact) mass is 413 g/mol. The minimum atomic E-state index is -0.498. The van der Waals surface area contributed by atoms with Crippen molar-refractivity contribution in [2.45, 2.75) is 51.9 Å². The molecule has 2 aliphatic rings. The van der Waals surface area contributed by atoms with E-state index in [9.17, 15) is 9.59 Å². The second kappa shape index (κ2) is 10.4. The van der Waals surface area contributed by atoms with Gasteiger partial charge < -0.3 is 19.5 Å². The van der Waals surface area contributed by atoms with E-state index < -0.39 is 11.9 Å². The number of ether oxygens (including phenoxy) is 3. The molecular formula is C24H31NO5. The Morgan fingerprint density at radius 2 is 1.97 bits per heavy atom. The standard InChI is InChI=1S/C24H31NO5/c1-4-5-13-29-20-12-7-6-9-17(20)22-21(24(27)30-15-14-28-3)16(2)25-18-10-8-11-19(26)23(18)22/h6-7,9,12,22,25H,4-5,8,10-11,13-15H2,1-3H3/t22-/m1/s1. The molecule has 0 unspecified atom stereocenters. The number of carbonyl (C=O) groups is 2. The normalized spacial score (nSPS) is 18.8. The maximum atomic E-state index is 13.1. The van der Waals surface area contributed by atoms with E-state index in [2.05, 4.69) is 12.2 Å². The van der Waals surface area contributed by atoms with E-state index in [1.165, 1.54) is 0 Å². The van der Waals surface area contributed by atoms with Gasteiger partial charge in [0, 0.05) is 36.1 Å². The highest BCUT2D eigenvalue weighted by molar-refractivity contribution is 6.04. The summed E-state index contributed by atoms with van der Waals surface area (Å²) < 4.78 is 16.5. The number of para-hydroxylation sites is 1. The van der Waals surface area contributed by atoms with Crippen molar-refractivity contribution in [3.63, 3.8) is 0 Å². The zero-order chi connectivity index (χ0) is 21.5. The van der Waals surface area contributed by atoms with E-state index in [-0.39, 0.29) is 12.4 Å². The van der Waals surface area contributed by atoms with Crippen LogP contribution >= 0.6 is 0 Å². The van der Waals surface area contributed by atoms with E-state index in [1.54, 1.807) is 7.11 Å². The summed E-state index contributed by atoms with van der Waals surface area (Å²) in [5.41, 5.74) is 3.59. The van der Waals surface area contributed by atoms with Crippen molar-refractivity contribution in [1.82, 2.24) is 5.32 Å². The van der Waals surface area contributed by atoms with Crippen LogP contribution < -0.4 is 10.1 Å². The Hall–Kier alpha value is -2.60. The van der Waals surface area contributed by atoms with Gasteiger partial charge in [-0.1, -0.05) is 31.5 Å². The van der Waals surface area contributed by atoms with E-state index in [1.807, 2.05) is 31.2 Å². The van der Waals surface area contributed by atoms with Gasteiger partial charge in [-0.3, -0.25) is 4.79 Å². The zero-order valence-corrected chi connectivity index (χ0v) is 18.1. The second-order valence-corrected chi connectivity index (χ2v) is 7.63. The molecule has 1 aliphatic carbocycles. The molecule has 0 saturated heterocycles. The number of unbranched alkanes of at least 4 members (excludes halogenated alkanes) is 1. The first-order chi connectivity index (χ1) is 14.6. The minimum absolute atomic E-state index is 0.0757. The van der Waals surface area contributed by atoms with Gasteiger partial charge in [-0.15, -0.1) is 0 Å². The van der Waals surface area contributed by atoms with E-state index in [4.69, 9.17) is 14.2 Å². The van der Waals surface area contributed by atoms with Gasteiger partial charge in [-0.25, -0.2) is 4.79 Å². The molecule has 0 bridgehead atoms. The van der Waals surface area contributed by atoms with E-state index in [0.29, 0.717) is 36.5 Å². The molecule has 0 fully saturated rings. The smallest absolute Gasteiger partial charge is 0.336 e. The minimum Gasteiger partial charge on any atom is -0.493 e. The Bertz CT molecular complexity index is 855. The Balaban J connectivity index is 2.05. The summed E-state index contributed by atoms with van der Waals surface area (Å²) in [5, 5.41) is 3.31. The summed E-state index contributed by atoms with van der Waals surface area (Å²) >= 11 is 0. The number of Topliss-reactive ketones (excluding diaryl/α,β-unsaturated/α-hetero) is 1. The first-order valence-electron chi connectivity index (χ1n) is 10.7. The number of benzene rings is 1. The summed E-state index contributed by atoms with van der Waals surface area (Å²) in [6.45, 7) is 5.05. The predicted molar refractivity (Wildman–Crippen MR) is 114 cm³/mol. The van der Waals surface area contributed by atoms with Crippen molar-refractivity contribution in [3.8, 4) is 5.75 Å². The average molecular weight is 414 g/mol. The molecule has 162 valence electrons. The van der Waals surface area contributed by atoms with Crippen molar-refractivity contribution in [2.24, 2.45) is 0 Å². The molecule has 1 heterocycles. The van der Waals surface area contributed by atoms with Crippen LogP contribution in [0.5, 0.6) is 5.75 Å². The quantitative estimate of drug-likeness (QED) is 0.487. The van der Waals surface area contributed by atoms with E-state index >= 15 is 0 Å². The summed E-state index contributed by atoms with van der Waals surface area (Å²) in [7, 11) is 1.56. The number of carbonyl (C=O) groups excluding carboxylic acids is 2. The maximum Gasteiger partial charge on any atom is 0.336 e. The maximum absolute atomic E-state index is 13.1. The van der Waals surface area contributed by atoms with Crippen molar-refractivity contribution in [3.05, 3.63) is 52.4 Å². The van der Waals surface area contributed by atoms with Crippen molar-refractivity contribution in [2.75, 3.05) is 26.9 Å². The average Bonchev–Trinajstić information content (AvgIpc) is 2.73. The van der Waals surface area contributed by atoms with Crippen LogP contribution in [0.15, 0.2) is 46.8 Å². The molecule has 1 atom stereocenters. The molecule has 3 rings (SSSR count). The first kappa shape index (κ1) is 22.1. The van der Waals surface area contributed by atoms with Gasteiger partial charge in [0.1, 0.15) is 12.4 Å². The van der Waals surface area contributed by atoms with Crippen LogP contribution in [0.4, 0.5) is 0 Å². The molecule has 0 amide bonds. The Morgan fingerprint density at radius 1 is 1.17 bits per heavy atom. The van der Waals surface area contributed by atoms with Gasteiger partial charge >= 0.3 is 5.97 Å². The number of methoxy groups -OCH3 is 1. The van der Waals surface area contributed by atoms with Crippen LogP contribution in [-0.4, -0.2) is 38.7 Å². The number of hydrogen-bond donors (Lipinski definition) is 1. The van der Waals surface area contributed by atoms with E-state index in [0.717, 1.165) is 42.6 Å². The van der Waals surface area contributed by atoms with Crippen LogP contribution in [0.3, 0.4) is 0 Å². The first-order valence-corrected chi connectivity index (χ1v) is 10.7. The topological polar surface area (TPSA) is 73.9 Å². The van der Waals surface area contributed by atoms with Gasteiger partial charge in [-0.05, 0) is 32.3 Å². The van der Waals surface area contributed by atoms with Gasteiger partial charge in [0.15, 0.2) is 5.78 Å². The fourth-order valence-corrected chi connectivity index (χ4v) is 4.04. The summed E-state index contributed by atoms with van der Waals surface area (Å²) in [6.07, 6.45) is 4.06. The van der Waals surface area contributed by atoms with Crippen LogP contribution in [0.25, 0.3) is 0 Å². The molecule has 0 spiro atoms. The SMILES string of the molecule is CCCCOc1ccccc1[C@@H]1C(C(=O)OCCOC)=C(C)NC2=C1C(=O)CCC2. The zero-order valence-electron chi connectivity index (χ0n) is 18.1. The summed E-state index contributed by atoms with van der Waals surface area (Å²) in [6, 6.07) is 7.68.